The number of hydrogen-bond acceptors (Lipinski definition) is 3. The molecule has 102 valence electrons. The van der Waals surface area contributed by atoms with Gasteiger partial charge in [0.1, 0.15) is 0 Å². The SMILES string of the molecule is Cc1ccc2cccc(NC(=O)C3(C(N)=S)CC3)c2n1. The minimum Gasteiger partial charge on any atom is -0.392 e. The number of nitrogens with zero attached hydrogens (tertiary/aromatic N) is 1. The number of anilines is 1. The van der Waals surface area contributed by atoms with Crippen molar-refractivity contribution in [2.75, 3.05) is 5.32 Å². The predicted molar refractivity (Wildman–Crippen MR) is 83.6 cm³/mol. The van der Waals surface area contributed by atoms with Crippen LogP contribution in [0.4, 0.5) is 5.69 Å². The van der Waals surface area contributed by atoms with Crippen molar-refractivity contribution >= 4 is 39.7 Å². The minimum absolute atomic E-state index is 0.124. The number of carbonyl (C=O) groups is 1. The Bertz CT molecular complexity index is 722. The maximum Gasteiger partial charge on any atom is 0.237 e. The number of benzene rings is 1. The van der Waals surface area contributed by atoms with Crippen LogP contribution in [0.1, 0.15) is 18.5 Å². The van der Waals surface area contributed by atoms with Gasteiger partial charge in [0.25, 0.3) is 0 Å². The fraction of sp³-hybridized carbons (Fsp3) is 0.267. The molecule has 1 amide bonds. The molecule has 0 aliphatic heterocycles. The summed E-state index contributed by atoms with van der Waals surface area (Å²) in [5, 5.41) is 3.92. The summed E-state index contributed by atoms with van der Waals surface area (Å²) in [7, 11) is 0. The summed E-state index contributed by atoms with van der Waals surface area (Å²) in [6, 6.07) is 9.66. The molecule has 0 bridgehead atoms. The van der Waals surface area contributed by atoms with Crippen LogP contribution in [-0.2, 0) is 4.79 Å². The molecule has 0 unspecified atom stereocenters. The van der Waals surface area contributed by atoms with E-state index in [4.69, 9.17) is 18.0 Å². The van der Waals surface area contributed by atoms with Gasteiger partial charge in [0.05, 0.1) is 21.6 Å². The first-order valence-electron chi connectivity index (χ1n) is 6.51. The van der Waals surface area contributed by atoms with E-state index in [0.29, 0.717) is 5.69 Å². The van der Waals surface area contributed by atoms with Gasteiger partial charge in [-0.1, -0.05) is 30.4 Å². The standard InChI is InChI=1S/C15H15N3OS/c1-9-5-6-10-3-2-4-11(12(10)17-9)18-14(19)15(7-8-15)13(16)20/h2-6H,7-8H2,1H3,(H2,16,20)(H,18,19). The molecule has 3 N–H and O–H groups in total. The molecule has 1 aliphatic rings. The Morgan fingerprint density at radius 2 is 2.10 bits per heavy atom. The molecule has 5 heteroatoms. The minimum atomic E-state index is -0.651. The molecule has 1 aliphatic carbocycles. The van der Waals surface area contributed by atoms with Crippen molar-refractivity contribution < 1.29 is 4.79 Å². The largest absolute Gasteiger partial charge is 0.392 e. The third-order valence-electron chi connectivity index (χ3n) is 3.76. The number of aromatic nitrogens is 1. The van der Waals surface area contributed by atoms with E-state index in [1.54, 1.807) is 0 Å². The van der Waals surface area contributed by atoms with E-state index < -0.39 is 5.41 Å². The van der Waals surface area contributed by atoms with Crippen LogP contribution in [0, 0.1) is 12.3 Å². The van der Waals surface area contributed by atoms with Crippen LogP contribution in [-0.4, -0.2) is 15.9 Å². The van der Waals surface area contributed by atoms with Crippen LogP contribution in [0.5, 0.6) is 0 Å². The number of aryl methyl sites for hydroxylation is 1. The van der Waals surface area contributed by atoms with E-state index in [9.17, 15) is 4.79 Å². The zero-order chi connectivity index (χ0) is 14.3. The van der Waals surface area contributed by atoms with Crippen LogP contribution in [0.25, 0.3) is 10.9 Å². The fourth-order valence-electron chi connectivity index (χ4n) is 2.30. The third kappa shape index (κ3) is 2.04. The molecule has 1 heterocycles. The second-order valence-electron chi connectivity index (χ2n) is 5.23. The Balaban J connectivity index is 1.97. The normalized spacial score (nSPS) is 15.8. The highest BCUT2D eigenvalue weighted by Gasteiger charge is 2.52. The lowest BCUT2D eigenvalue weighted by Gasteiger charge is -2.14. The Kier molecular flexibility index (Phi) is 2.94. The highest BCUT2D eigenvalue weighted by molar-refractivity contribution is 7.80. The van der Waals surface area contributed by atoms with Gasteiger partial charge in [-0.05, 0) is 31.9 Å². The number of hydrogen-bond donors (Lipinski definition) is 2. The van der Waals surface area contributed by atoms with Gasteiger partial charge in [0, 0.05) is 11.1 Å². The number of nitrogens with two attached hydrogens (primary N) is 1. The predicted octanol–water partition coefficient (Wildman–Crippen LogP) is 2.55. The van der Waals surface area contributed by atoms with Crippen LogP contribution >= 0.6 is 12.2 Å². The zero-order valence-corrected chi connectivity index (χ0v) is 12.0. The highest BCUT2D eigenvalue weighted by Crippen LogP contribution is 2.47. The van der Waals surface area contributed by atoms with Crippen LogP contribution in [0.3, 0.4) is 0 Å². The second kappa shape index (κ2) is 4.52. The van der Waals surface area contributed by atoms with Gasteiger partial charge in [0.2, 0.25) is 5.91 Å². The molecular weight excluding hydrogens is 270 g/mol. The molecular formula is C15H15N3OS. The number of nitrogens with one attached hydrogen (secondary N) is 1. The quantitative estimate of drug-likeness (QED) is 0.850. The summed E-state index contributed by atoms with van der Waals surface area (Å²) >= 11 is 5.00. The number of amides is 1. The van der Waals surface area contributed by atoms with E-state index in [1.165, 1.54) is 0 Å². The summed E-state index contributed by atoms with van der Waals surface area (Å²) in [4.78, 5) is 17.1. The van der Waals surface area contributed by atoms with Gasteiger partial charge in [-0.15, -0.1) is 0 Å². The number of rotatable bonds is 3. The van der Waals surface area contributed by atoms with Crippen LogP contribution in [0.15, 0.2) is 30.3 Å². The van der Waals surface area contributed by atoms with Crippen molar-refractivity contribution in [1.29, 1.82) is 0 Å². The molecule has 3 rings (SSSR count). The summed E-state index contributed by atoms with van der Waals surface area (Å²) < 4.78 is 0. The number of thiocarbonyl (C=S) groups is 1. The van der Waals surface area contributed by atoms with E-state index in [0.717, 1.165) is 29.4 Å². The van der Waals surface area contributed by atoms with E-state index in [2.05, 4.69) is 10.3 Å². The first-order valence-corrected chi connectivity index (χ1v) is 6.91. The zero-order valence-electron chi connectivity index (χ0n) is 11.1. The van der Waals surface area contributed by atoms with Crippen molar-refractivity contribution in [2.45, 2.75) is 19.8 Å². The lowest BCUT2D eigenvalue weighted by molar-refractivity contribution is -0.118. The number of para-hydroxylation sites is 1. The van der Waals surface area contributed by atoms with Crippen LogP contribution < -0.4 is 11.1 Å². The van der Waals surface area contributed by atoms with E-state index in [-0.39, 0.29) is 10.9 Å². The second-order valence-corrected chi connectivity index (χ2v) is 5.67. The molecule has 1 aromatic heterocycles. The smallest absolute Gasteiger partial charge is 0.237 e. The number of pyridine rings is 1. The summed E-state index contributed by atoms with van der Waals surface area (Å²) in [6.45, 7) is 1.93. The maximum atomic E-state index is 12.4. The van der Waals surface area contributed by atoms with Gasteiger partial charge in [0.15, 0.2) is 0 Å². The van der Waals surface area contributed by atoms with Crippen LogP contribution in [0.2, 0.25) is 0 Å². The van der Waals surface area contributed by atoms with Gasteiger partial charge in [-0.3, -0.25) is 9.78 Å². The van der Waals surface area contributed by atoms with Crippen molar-refractivity contribution in [2.24, 2.45) is 11.1 Å². The Labute approximate surface area is 122 Å². The van der Waals surface area contributed by atoms with E-state index in [1.807, 2.05) is 37.3 Å². The Morgan fingerprint density at radius 1 is 1.35 bits per heavy atom. The lowest BCUT2D eigenvalue weighted by atomic mass is 10.1. The molecule has 1 aromatic carbocycles. The lowest BCUT2D eigenvalue weighted by Crippen LogP contribution is -2.35. The van der Waals surface area contributed by atoms with Crippen molar-refractivity contribution in [3.8, 4) is 0 Å². The summed E-state index contributed by atoms with van der Waals surface area (Å²) in [6.07, 6.45) is 1.46. The summed E-state index contributed by atoms with van der Waals surface area (Å²) in [5.74, 6) is -0.124. The first kappa shape index (κ1) is 13.0. The average molecular weight is 285 g/mol. The summed E-state index contributed by atoms with van der Waals surface area (Å²) in [5.41, 5.74) is 7.44. The van der Waals surface area contributed by atoms with Crippen molar-refractivity contribution in [1.82, 2.24) is 4.98 Å². The molecule has 0 radical (unpaired) electrons. The number of fused-ring (bicyclic) bond motifs is 1. The van der Waals surface area contributed by atoms with Crippen molar-refractivity contribution in [3.63, 3.8) is 0 Å². The molecule has 0 spiro atoms. The molecule has 1 fully saturated rings. The molecule has 1 saturated carbocycles. The topological polar surface area (TPSA) is 68.0 Å². The molecule has 0 atom stereocenters. The first-order chi connectivity index (χ1) is 9.53. The van der Waals surface area contributed by atoms with Gasteiger partial charge < -0.3 is 11.1 Å². The van der Waals surface area contributed by atoms with Gasteiger partial charge in [-0.25, -0.2) is 0 Å². The van der Waals surface area contributed by atoms with Gasteiger partial charge in [-0.2, -0.15) is 0 Å². The monoisotopic (exact) mass is 285 g/mol. The molecule has 0 saturated heterocycles. The number of carbonyl (C=O) groups excluding carboxylic acids is 1. The molecule has 20 heavy (non-hydrogen) atoms. The van der Waals surface area contributed by atoms with E-state index >= 15 is 0 Å². The maximum absolute atomic E-state index is 12.4. The Hall–Kier alpha value is -2.01. The highest BCUT2D eigenvalue weighted by atomic mass is 32.1. The van der Waals surface area contributed by atoms with Gasteiger partial charge >= 0.3 is 0 Å². The Morgan fingerprint density at radius 3 is 2.75 bits per heavy atom. The van der Waals surface area contributed by atoms with Crippen molar-refractivity contribution in [3.05, 3.63) is 36.0 Å². The average Bonchev–Trinajstić information content (AvgIpc) is 3.21. The molecule has 4 nitrogen and oxygen atoms in total. The molecule has 2 aromatic rings. The fourth-order valence-corrected chi connectivity index (χ4v) is 2.59. The third-order valence-corrected chi connectivity index (χ3v) is 4.15.